The summed E-state index contributed by atoms with van der Waals surface area (Å²) in [5.41, 5.74) is 0.787. The SMILES string of the molecule is C[N+]1(CC[Si@@](CO)(c2ccccc2)C2CCCCC2)CCCCC1. The van der Waals surface area contributed by atoms with Crippen molar-refractivity contribution in [3.63, 3.8) is 0 Å². The molecule has 1 N–H and O–H groups in total. The van der Waals surface area contributed by atoms with Crippen LogP contribution >= 0.6 is 0 Å². The first-order valence-corrected chi connectivity index (χ1v) is 12.7. The number of quaternary nitrogens is 1. The lowest BCUT2D eigenvalue weighted by atomic mass is 10.0. The third-order valence-electron chi connectivity index (χ3n) is 7.01. The molecule has 1 aromatic rings. The number of nitrogens with zero attached hydrogens (tertiary/aromatic N) is 1. The Labute approximate surface area is 149 Å². The molecule has 1 aliphatic carbocycles. The Morgan fingerprint density at radius 1 is 0.958 bits per heavy atom. The molecule has 1 saturated carbocycles. The van der Waals surface area contributed by atoms with E-state index < -0.39 is 8.07 Å². The molecule has 2 aliphatic rings. The second-order valence-corrected chi connectivity index (χ2v) is 13.1. The Kier molecular flexibility index (Phi) is 6.17. The number of aliphatic hydroxyl groups excluding tert-OH is 1. The van der Waals surface area contributed by atoms with E-state index in [4.69, 9.17) is 0 Å². The van der Waals surface area contributed by atoms with Gasteiger partial charge in [-0.15, -0.1) is 0 Å². The van der Waals surface area contributed by atoms with E-state index in [1.165, 1.54) is 86.7 Å². The van der Waals surface area contributed by atoms with E-state index in [9.17, 15) is 5.11 Å². The molecule has 3 rings (SSSR count). The molecule has 134 valence electrons. The summed E-state index contributed by atoms with van der Waals surface area (Å²) in [7, 11) is 0.624. The lowest BCUT2D eigenvalue weighted by molar-refractivity contribution is -0.912. The Morgan fingerprint density at radius 3 is 2.21 bits per heavy atom. The lowest BCUT2D eigenvalue weighted by Gasteiger charge is -2.44. The van der Waals surface area contributed by atoms with E-state index in [-0.39, 0.29) is 0 Å². The number of rotatable bonds is 6. The topological polar surface area (TPSA) is 20.2 Å². The standard InChI is InChI=1S/C21H36NOSi/c1-22(15-9-4-10-16-22)17-18-24(19-23,20-11-5-2-6-12-20)21-13-7-3-8-14-21/h2,5-6,11-12,21,23H,3-4,7-10,13-19H2,1H3/q+1/t24-/m1/s1. The van der Waals surface area contributed by atoms with Crippen LogP contribution in [0.2, 0.25) is 11.6 Å². The molecule has 0 amide bonds. The van der Waals surface area contributed by atoms with Crippen LogP contribution in [0, 0.1) is 0 Å². The van der Waals surface area contributed by atoms with Gasteiger partial charge in [-0.25, -0.2) is 0 Å². The average molecular weight is 347 g/mol. The van der Waals surface area contributed by atoms with Crippen LogP contribution in [0.4, 0.5) is 0 Å². The maximum absolute atomic E-state index is 10.7. The van der Waals surface area contributed by atoms with E-state index in [0.717, 1.165) is 5.54 Å². The van der Waals surface area contributed by atoms with Crippen molar-refractivity contribution < 1.29 is 9.59 Å². The van der Waals surface area contributed by atoms with Gasteiger partial charge in [-0.05, 0) is 30.8 Å². The Hall–Kier alpha value is -0.643. The summed E-state index contributed by atoms with van der Waals surface area (Å²) in [5, 5.41) is 12.2. The normalized spacial score (nSPS) is 24.4. The van der Waals surface area contributed by atoms with Gasteiger partial charge in [-0.3, -0.25) is 0 Å². The summed E-state index contributed by atoms with van der Waals surface area (Å²) in [6, 6.07) is 12.4. The number of piperidine rings is 1. The second-order valence-electron chi connectivity index (χ2n) is 8.62. The predicted octanol–water partition coefficient (Wildman–Crippen LogP) is 3.84. The molecule has 0 unspecified atom stereocenters. The van der Waals surface area contributed by atoms with Crippen molar-refractivity contribution in [2.75, 3.05) is 32.9 Å². The highest BCUT2D eigenvalue weighted by molar-refractivity contribution is 6.93. The summed E-state index contributed by atoms with van der Waals surface area (Å²) >= 11 is 0. The highest BCUT2D eigenvalue weighted by atomic mass is 28.3. The molecular weight excluding hydrogens is 310 g/mol. The van der Waals surface area contributed by atoms with Crippen molar-refractivity contribution in [2.45, 2.75) is 63.0 Å². The van der Waals surface area contributed by atoms with Crippen LogP contribution in [-0.2, 0) is 0 Å². The molecule has 2 nitrogen and oxygen atoms in total. The summed E-state index contributed by atoms with van der Waals surface area (Å²) in [6.45, 7) is 3.96. The van der Waals surface area contributed by atoms with Gasteiger partial charge in [0.2, 0.25) is 0 Å². The fourth-order valence-corrected chi connectivity index (χ4v) is 10.4. The van der Waals surface area contributed by atoms with Crippen molar-refractivity contribution in [1.82, 2.24) is 0 Å². The molecule has 0 spiro atoms. The van der Waals surface area contributed by atoms with Gasteiger partial charge < -0.3 is 9.59 Å². The highest BCUT2D eigenvalue weighted by Crippen LogP contribution is 2.39. The summed E-state index contributed by atoms with van der Waals surface area (Å²) in [4.78, 5) is 0. The molecule has 1 atom stereocenters. The molecule has 0 bridgehead atoms. The van der Waals surface area contributed by atoms with Gasteiger partial charge in [-0.1, -0.05) is 67.6 Å². The van der Waals surface area contributed by atoms with Gasteiger partial charge in [0.25, 0.3) is 0 Å². The van der Waals surface area contributed by atoms with E-state index in [0.29, 0.717) is 6.23 Å². The molecule has 1 aliphatic heterocycles. The van der Waals surface area contributed by atoms with Gasteiger partial charge >= 0.3 is 0 Å². The van der Waals surface area contributed by atoms with E-state index in [1.54, 1.807) is 0 Å². The number of hydrogen-bond donors (Lipinski definition) is 1. The fraction of sp³-hybridized carbons (Fsp3) is 0.714. The van der Waals surface area contributed by atoms with Crippen molar-refractivity contribution in [1.29, 1.82) is 0 Å². The van der Waals surface area contributed by atoms with Crippen molar-refractivity contribution in [3.05, 3.63) is 30.3 Å². The quantitative estimate of drug-likeness (QED) is 0.613. The first-order chi connectivity index (χ1) is 11.7. The third kappa shape index (κ3) is 3.95. The Balaban J connectivity index is 1.83. The molecule has 1 aromatic carbocycles. The Bertz CT molecular complexity index is 494. The largest absolute Gasteiger partial charge is 0.399 e. The molecule has 1 heterocycles. The molecule has 3 heteroatoms. The molecule has 24 heavy (non-hydrogen) atoms. The monoisotopic (exact) mass is 346 g/mol. The molecular formula is C21H36NOSi+. The average Bonchev–Trinajstić information content (AvgIpc) is 2.65. The minimum absolute atomic E-state index is 0.446. The zero-order valence-electron chi connectivity index (χ0n) is 15.6. The van der Waals surface area contributed by atoms with Crippen LogP contribution < -0.4 is 5.19 Å². The highest BCUT2D eigenvalue weighted by Gasteiger charge is 2.44. The molecule has 0 aromatic heterocycles. The smallest absolute Gasteiger partial charge is 0.123 e. The lowest BCUT2D eigenvalue weighted by Crippen LogP contribution is -2.59. The number of aliphatic hydroxyl groups is 1. The van der Waals surface area contributed by atoms with Crippen LogP contribution in [0.1, 0.15) is 51.4 Å². The van der Waals surface area contributed by atoms with Crippen LogP contribution in [-0.4, -0.2) is 50.6 Å². The zero-order valence-corrected chi connectivity index (χ0v) is 16.6. The fourth-order valence-electron chi connectivity index (χ4n) is 5.28. The van der Waals surface area contributed by atoms with Crippen LogP contribution in [0.15, 0.2) is 30.3 Å². The predicted molar refractivity (Wildman–Crippen MR) is 105 cm³/mol. The molecule has 2 fully saturated rings. The Morgan fingerprint density at radius 2 is 1.58 bits per heavy atom. The van der Waals surface area contributed by atoms with Gasteiger partial charge in [0.15, 0.2) is 0 Å². The van der Waals surface area contributed by atoms with Gasteiger partial charge in [0.1, 0.15) is 8.07 Å². The summed E-state index contributed by atoms with van der Waals surface area (Å²) < 4.78 is 1.24. The van der Waals surface area contributed by atoms with E-state index in [1.807, 2.05) is 0 Å². The van der Waals surface area contributed by atoms with Gasteiger partial charge in [-0.2, -0.15) is 0 Å². The molecule has 1 saturated heterocycles. The zero-order chi connectivity index (χ0) is 16.9. The van der Waals surface area contributed by atoms with Gasteiger partial charge in [0, 0.05) is 6.23 Å². The van der Waals surface area contributed by atoms with Crippen LogP contribution in [0.25, 0.3) is 0 Å². The summed E-state index contributed by atoms with van der Waals surface area (Å²) in [5.74, 6) is 0. The van der Waals surface area contributed by atoms with E-state index in [2.05, 4.69) is 37.4 Å². The number of benzene rings is 1. The first-order valence-electron chi connectivity index (χ1n) is 10.2. The number of likely N-dealkylation sites (tertiary alicyclic amines) is 1. The van der Waals surface area contributed by atoms with E-state index >= 15 is 0 Å². The van der Waals surface area contributed by atoms with Crippen LogP contribution in [0.5, 0.6) is 0 Å². The second kappa shape index (κ2) is 8.16. The van der Waals surface area contributed by atoms with Gasteiger partial charge in [0.05, 0.1) is 26.7 Å². The minimum atomic E-state index is -1.84. The maximum atomic E-state index is 10.7. The minimum Gasteiger partial charge on any atom is -0.399 e. The summed E-state index contributed by atoms with van der Waals surface area (Å²) in [6.07, 6.45) is 11.5. The van der Waals surface area contributed by atoms with Crippen molar-refractivity contribution in [2.24, 2.45) is 0 Å². The van der Waals surface area contributed by atoms with Crippen molar-refractivity contribution in [3.8, 4) is 0 Å². The molecule has 0 radical (unpaired) electrons. The van der Waals surface area contributed by atoms with Crippen LogP contribution in [0.3, 0.4) is 0 Å². The third-order valence-corrected chi connectivity index (χ3v) is 12.3. The number of hydrogen-bond acceptors (Lipinski definition) is 1. The maximum Gasteiger partial charge on any atom is 0.123 e. The van der Waals surface area contributed by atoms with Crippen molar-refractivity contribution >= 4 is 13.3 Å². The first kappa shape index (κ1) is 18.2.